The summed E-state index contributed by atoms with van der Waals surface area (Å²) in [5.74, 6) is 0. The number of hydrogen-bond acceptors (Lipinski definition) is 7. The summed E-state index contributed by atoms with van der Waals surface area (Å²) >= 11 is 16.9. The van der Waals surface area contributed by atoms with Crippen molar-refractivity contribution in [1.82, 2.24) is 19.5 Å². The Balaban J connectivity index is 1.36. The van der Waals surface area contributed by atoms with Crippen LogP contribution in [0.1, 0.15) is 23.5 Å². The van der Waals surface area contributed by atoms with Crippen molar-refractivity contribution in [3.05, 3.63) is 91.3 Å². The number of thioether (sulfide) groups is 1. The highest BCUT2D eigenvalue weighted by Gasteiger charge is 2.25. The zero-order chi connectivity index (χ0) is 23.8. The Bertz CT molecular complexity index is 1470. The molecular weight excluding hydrogens is 565 g/mol. The number of ether oxygens (including phenoxy) is 2. The predicted molar refractivity (Wildman–Crippen MR) is 132 cm³/mol. The Kier molecular flexibility index (Phi) is 6.59. The monoisotopic (exact) mass is 579 g/mol. The topological polar surface area (TPSA) is 109 Å². The third-order valence-electron chi connectivity index (χ3n) is 5.06. The van der Waals surface area contributed by atoms with Crippen LogP contribution in [0.25, 0.3) is 11.2 Å². The first kappa shape index (κ1) is 23.3. The van der Waals surface area contributed by atoms with E-state index < -0.39 is 12.4 Å². The number of hydrogen-bond donors (Lipinski definition) is 3. The maximum Gasteiger partial charge on any atom is 0.268 e. The lowest BCUT2D eigenvalue weighted by Gasteiger charge is -2.15. The first-order chi connectivity index (χ1) is 16.4. The Morgan fingerprint density at radius 1 is 1.26 bits per heavy atom. The van der Waals surface area contributed by atoms with E-state index in [-0.39, 0.29) is 12.0 Å². The van der Waals surface area contributed by atoms with Crippen LogP contribution in [0.3, 0.4) is 0 Å². The van der Waals surface area contributed by atoms with Gasteiger partial charge in [0.25, 0.3) is 6.29 Å². The van der Waals surface area contributed by atoms with Crippen molar-refractivity contribution in [3.63, 3.8) is 0 Å². The molecule has 34 heavy (non-hydrogen) atoms. The Morgan fingerprint density at radius 2 is 2.09 bits per heavy atom. The third kappa shape index (κ3) is 4.69. The minimum Gasteiger partial charge on any atom is -0.454 e. The Labute approximate surface area is 216 Å². The lowest BCUT2D eigenvalue weighted by Crippen LogP contribution is -2.16. The molecule has 8 nitrogen and oxygen atoms in total. The number of benzene rings is 2. The number of rotatable bonds is 6. The summed E-state index contributed by atoms with van der Waals surface area (Å²) in [5, 5.41) is 20.8. The number of aliphatic hydroxyl groups excluding tert-OH is 1. The van der Waals surface area contributed by atoms with Crippen LogP contribution in [-0.2, 0) is 16.0 Å². The second-order valence-electron chi connectivity index (χ2n) is 7.31. The molecule has 2 atom stereocenters. The summed E-state index contributed by atoms with van der Waals surface area (Å²) in [4.78, 5) is 11.8. The van der Waals surface area contributed by atoms with Gasteiger partial charge in [0.05, 0.1) is 19.0 Å². The van der Waals surface area contributed by atoms with Crippen LogP contribution in [0.15, 0.2) is 69.8 Å². The third-order valence-corrected chi connectivity index (χ3v) is 7.12. The predicted octanol–water partition coefficient (Wildman–Crippen LogP) is 5.68. The van der Waals surface area contributed by atoms with Crippen LogP contribution in [0.4, 0.5) is 0 Å². The van der Waals surface area contributed by atoms with Crippen molar-refractivity contribution in [2.45, 2.75) is 24.1 Å². The highest BCUT2D eigenvalue weighted by molar-refractivity contribution is 9.10. The van der Waals surface area contributed by atoms with Gasteiger partial charge in [0.15, 0.2) is 16.3 Å². The molecule has 0 spiro atoms. The fraction of sp³-hybridized carbons (Fsp3) is 0.136. The zero-order valence-corrected chi connectivity index (χ0v) is 21.1. The number of H-pyrrole nitrogens is 1. The van der Waals surface area contributed by atoms with Gasteiger partial charge in [-0.1, -0.05) is 63.4 Å². The molecular formula is C22H16BrCl2N5O3S. The molecule has 0 fully saturated rings. The summed E-state index contributed by atoms with van der Waals surface area (Å²) in [6.45, 7) is 0.131. The molecule has 2 aromatic heterocycles. The van der Waals surface area contributed by atoms with Crippen molar-refractivity contribution in [1.29, 1.82) is 5.41 Å². The van der Waals surface area contributed by atoms with E-state index in [4.69, 9.17) is 38.1 Å². The molecule has 12 heteroatoms. The number of fused-ring (bicyclic) bond motifs is 1. The molecule has 5 rings (SSSR count). The summed E-state index contributed by atoms with van der Waals surface area (Å²) in [5.41, 5.74) is 2.33. The fourth-order valence-electron chi connectivity index (χ4n) is 3.43. The first-order valence-corrected chi connectivity index (χ1v) is 12.3. The van der Waals surface area contributed by atoms with Gasteiger partial charge < -0.3 is 24.1 Å². The minimum atomic E-state index is -0.927. The van der Waals surface area contributed by atoms with Gasteiger partial charge in [0, 0.05) is 25.6 Å². The van der Waals surface area contributed by atoms with E-state index in [1.54, 1.807) is 22.8 Å². The molecule has 1 aliphatic heterocycles. The van der Waals surface area contributed by atoms with E-state index in [2.05, 4.69) is 30.9 Å². The molecule has 0 saturated carbocycles. The number of aromatic nitrogens is 4. The van der Waals surface area contributed by atoms with E-state index in [0.29, 0.717) is 37.0 Å². The van der Waals surface area contributed by atoms with E-state index in [1.807, 2.05) is 24.3 Å². The van der Waals surface area contributed by atoms with Crippen LogP contribution in [-0.4, -0.2) is 24.6 Å². The van der Waals surface area contributed by atoms with Crippen molar-refractivity contribution in [3.8, 4) is 0 Å². The van der Waals surface area contributed by atoms with Gasteiger partial charge in [-0.15, -0.1) is 0 Å². The molecule has 2 unspecified atom stereocenters. The van der Waals surface area contributed by atoms with Crippen LogP contribution in [0.5, 0.6) is 0 Å². The van der Waals surface area contributed by atoms with Crippen LogP contribution >= 0.6 is 50.9 Å². The molecule has 0 amide bonds. The minimum absolute atomic E-state index is 0.0354. The fourth-order valence-corrected chi connectivity index (χ4v) is 5.15. The molecule has 0 saturated heterocycles. The van der Waals surface area contributed by atoms with Gasteiger partial charge in [-0.25, -0.2) is 9.97 Å². The van der Waals surface area contributed by atoms with Crippen LogP contribution < -0.4 is 5.49 Å². The molecule has 174 valence electrons. The Morgan fingerprint density at radius 3 is 2.88 bits per heavy atom. The number of imidazole rings is 1. The average molecular weight is 581 g/mol. The van der Waals surface area contributed by atoms with Crippen LogP contribution in [0, 0.1) is 5.41 Å². The molecule has 0 aliphatic carbocycles. The largest absolute Gasteiger partial charge is 0.454 e. The summed E-state index contributed by atoms with van der Waals surface area (Å²) in [7, 11) is 0. The number of halogens is 3. The van der Waals surface area contributed by atoms with E-state index >= 15 is 0 Å². The first-order valence-electron chi connectivity index (χ1n) is 9.96. The molecule has 0 bridgehead atoms. The lowest BCUT2D eigenvalue weighted by atomic mass is 10.1. The van der Waals surface area contributed by atoms with E-state index in [1.165, 1.54) is 24.4 Å². The molecule has 3 N–H and O–H groups in total. The number of nitrogens with zero attached hydrogens (tertiary/aromatic N) is 3. The van der Waals surface area contributed by atoms with Gasteiger partial charge in [-0.2, -0.15) is 0 Å². The second kappa shape index (κ2) is 9.63. The standard InChI is InChI=1S/C22H16BrCl2N5O3S/c23-14-4-2-1-3-12(14)21-32-9-17(33-21)34-22-28-18-19(26)27-10-30(20(18)29-22)8-16(31)13-6-5-11(24)7-15(13)25/h1-7,9-10,16,21,26,31H,8H2,(H,28,29). The Hall–Kier alpha value is -2.50. The van der Waals surface area contributed by atoms with Crippen molar-refractivity contribution in [2.75, 3.05) is 0 Å². The van der Waals surface area contributed by atoms with E-state index in [0.717, 1.165) is 10.0 Å². The van der Waals surface area contributed by atoms with Crippen molar-refractivity contribution >= 4 is 62.1 Å². The molecule has 2 aromatic carbocycles. The smallest absolute Gasteiger partial charge is 0.268 e. The molecule has 4 aromatic rings. The zero-order valence-electron chi connectivity index (χ0n) is 17.2. The SMILES string of the molecule is N=c1ncn(CC(O)c2ccc(Cl)cc2Cl)c2nc(SC3=COC(c4ccccc4Br)O3)[nH]c12. The molecule has 1 aliphatic rings. The van der Waals surface area contributed by atoms with Gasteiger partial charge in [-0.3, -0.25) is 5.41 Å². The van der Waals surface area contributed by atoms with Crippen molar-refractivity contribution in [2.24, 2.45) is 0 Å². The van der Waals surface area contributed by atoms with E-state index in [9.17, 15) is 5.11 Å². The molecule has 0 radical (unpaired) electrons. The average Bonchev–Trinajstić information content (AvgIpc) is 3.44. The normalized spacial score (nSPS) is 16.2. The molecule has 3 heterocycles. The second-order valence-corrected chi connectivity index (χ2v) is 10.0. The maximum absolute atomic E-state index is 10.8. The van der Waals surface area contributed by atoms with Crippen LogP contribution in [0.2, 0.25) is 10.0 Å². The maximum atomic E-state index is 10.8. The lowest BCUT2D eigenvalue weighted by molar-refractivity contribution is -0.0278. The van der Waals surface area contributed by atoms with Crippen molar-refractivity contribution < 1.29 is 14.6 Å². The van der Waals surface area contributed by atoms with Gasteiger partial charge in [0.1, 0.15) is 11.8 Å². The number of aliphatic hydroxyl groups is 1. The summed E-state index contributed by atoms with van der Waals surface area (Å²) in [6, 6.07) is 12.6. The number of aromatic amines is 1. The highest BCUT2D eigenvalue weighted by Crippen LogP contribution is 2.39. The van der Waals surface area contributed by atoms with Gasteiger partial charge >= 0.3 is 0 Å². The summed E-state index contributed by atoms with van der Waals surface area (Å²) in [6.07, 6.45) is 1.50. The van der Waals surface area contributed by atoms with Gasteiger partial charge in [-0.05, 0) is 30.0 Å². The highest BCUT2D eigenvalue weighted by atomic mass is 79.9. The quantitative estimate of drug-likeness (QED) is 0.271. The summed E-state index contributed by atoms with van der Waals surface area (Å²) < 4.78 is 14.1. The number of nitrogens with one attached hydrogen (secondary N) is 2. The van der Waals surface area contributed by atoms with Gasteiger partial charge in [0.2, 0.25) is 5.09 Å².